The molecule has 0 aromatic heterocycles. The van der Waals surface area contributed by atoms with Gasteiger partial charge in [0.15, 0.2) is 5.78 Å². The molecule has 2 aromatic rings. The highest BCUT2D eigenvalue weighted by Crippen LogP contribution is 2.26. The van der Waals surface area contributed by atoms with E-state index in [1.54, 1.807) is 24.3 Å². The molecule has 0 amide bonds. The fourth-order valence-electron chi connectivity index (χ4n) is 3.86. The maximum absolute atomic E-state index is 12.3. The van der Waals surface area contributed by atoms with Gasteiger partial charge in [0.05, 0.1) is 12.2 Å². The average Bonchev–Trinajstić information content (AvgIpc) is 2.71. The molecule has 1 aliphatic heterocycles. The quantitative estimate of drug-likeness (QED) is 0.687. The lowest BCUT2D eigenvalue weighted by Crippen LogP contribution is -2.45. The Morgan fingerprint density at radius 3 is 2.21 bits per heavy atom. The first-order valence-corrected chi connectivity index (χ1v) is 10.2. The maximum Gasteiger partial charge on any atom is 0.162 e. The summed E-state index contributed by atoms with van der Waals surface area (Å²) in [5.74, 6) is 0.150. The summed E-state index contributed by atoms with van der Waals surface area (Å²) in [6.07, 6.45) is 3.62. The third kappa shape index (κ3) is 5.74. The zero-order chi connectivity index (χ0) is 20.0. The number of carbonyl (C=O) groups is 1. The van der Waals surface area contributed by atoms with Crippen molar-refractivity contribution in [2.24, 2.45) is 0 Å². The molecular formula is C24H31NO3. The molecule has 0 saturated carbocycles. The van der Waals surface area contributed by atoms with Crippen LogP contribution in [-0.2, 0) is 13.0 Å². The smallest absolute Gasteiger partial charge is 0.162 e. The Balaban J connectivity index is 1.40. The van der Waals surface area contributed by atoms with Crippen LogP contribution in [0.25, 0.3) is 0 Å². The standard InChI is InChI=1S/C24H31NO3/c1-19-4-6-20(7-5-19)17-24(28)12-15-25(16-13-24)14-2-3-23(27)22-10-8-21(18-26)9-11-22/h4-11,26,28H,2-3,12-18H2,1H3. The first-order valence-electron chi connectivity index (χ1n) is 10.2. The van der Waals surface area contributed by atoms with Gasteiger partial charge in [-0.3, -0.25) is 4.79 Å². The second kappa shape index (κ2) is 9.46. The second-order valence-corrected chi connectivity index (χ2v) is 8.11. The van der Waals surface area contributed by atoms with Gasteiger partial charge in [0.25, 0.3) is 0 Å². The lowest BCUT2D eigenvalue weighted by atomic mass is 9.85. The number of hydrogen-bond acceptors (Lipinski definition) is 4. The topological polar surface area (TPSA) is 60.8 Å². The third-order valence-corrected chi connectivity index (χ3v) is 5.78. The Labute approximate surface area is 167 Å². The van der Waals surface area contributed by atoms with E-state index in [9.17, 15) is 9.90 Å². The summed E-state index contributed by atoms with van der Waals surface area (Å²) in [7, 11) is 0. The van der Waals surface area contributed by atoms with Crippen LogP contribution in [0.15, 0.2) is 48.5 Å². The van der Waals surface area contributed by atoms with Crippen molar-refractivity contribution in [2.45, 2.75) is 51.2 Å². The zero-order valence-electron chi connectivity index (χ0n) is 16.7. The highest BCUT2D eigenvalue weighted by atomic mass is 16.3. The molecule has 4 heteroatoms. The normalized spacial score (nSPS) is 16.8. The van der Waals surface area contributed by atoms with E-state index in [-0.39, 0.29) is 12.4 Å². The minimum absolute atomic E-state index is 0.000306. The van der Waals surface area contributed by atoms with Gasteiger partial charge in [-0.25, -0.2) is 0 Å². The lowest BCUT2D eigenvalue weighted by Gasteiger charge is -2.38. The van der Waals surface area contributed by atoms with Crippen LogP contribution in [0.5, 0.6) is 0 Å². The van der Waals surface area contributed by atoms with Crippen LogP contribution < -0.4 is 0 Å². The minimum atomic E-state index is -0.615. The molecule has 0 spiro atoms. The van der Waals surface area contributed by atoms with Gasteiger partial charge in [0.2, 0.25) is 0 Å². The summed E-state index contributed by atoms with van der Waals surface area (Å²) in [6.45, 7) is 4.72. The Morgan fingerprint density at radius 2 is 1.61 bits per heavy atom. The Bertz CT molecular complexity index is 759. The Hall–Kier alpha value is -2.01. The van der Waals surface area contributed by atoms with Crippen LogP contribution in [0, 0.1) is 6.92 Å². The number of ketones is 1. The molecule has 1 fully saturated rings. The van der Waals surface area contributed by atoms with Gasteiger partial charge >= 0.3 is 0 Å². The number of nitrogens with zero attached hydrogens (tertiary/aromatic N) is 1. The van der Waals surface area contributed by atoms with E-state index < -0.39 is 5.60 Å². The molecule has 2 aromatic carbocycles. The largest absolute Gasteiger partial charge is 0.392 e. The van der Waals surface area contributed by atoms with E-state index in [0.29, 0.717) is 18.4 Å². The van der Waals surface area contributed by atoms with Crippen molar-refractivity contribution in [3.63, 3.8) is 0 Å². The summed E-state index contributed by atoms with van der Waals surface area (Å²) in [5.41, 5.74) is 3.35. The van der Waals surface area contributed by atoms with Crippen LogP contribution >= 0.6 is 0 Å². The van der Waals surface area contributed by atoms with Gasteiger partial charge in [-0.2, -0.15) is 0 Å². The molecule has 0 unspecified atom stereocenters. The number of aryl methyl sites for hydroxylation is 1. The van der Waals surface area contributed by atoms with Gasteiger partial charge in [-0.15, -0.1) is 0 Å². The van der Waals surface area contributed by atoms with Gasteiger partial charge in [0.1, 0.15) is 0 Å². The number of rotatable bonds is 8. The fraction of sp³-hybridized carbons (Fsp3) is 0.458. The number of piperidine rings is 1. The van der Waals surface area contributed by atoms with Crippen molar-refractivity contribution < 1.29 is 15.0 Å². The fourth-order valence-corrected chi connectivity index (χ4v) is 3.86. The van der Waals surface area contributed by atoms with Crippen LogP contribution in [0.4, 0.5) is 0 Å². The number of carbonyl (C=O) groups excluding carboxylic acids is 1. The number of aliphatic hydroxyl groups is 2. The second-order valence-electron chi connectivity index (χ2n) is 8.11. The molecule has 1 aliphatic rings. The number of Topliss-reactive ketones (excluding diaryl/α,β-unsaturated/α-hetero) is 1. The SMILES string of the molecule is Cc1ccc(CC2(O)CCN(CCCC(=O)c3ccc(CO)cc3)CC2)cc1. The molecule has 0 atom stereocenters. The molecule has 28 heavy (non-hydrogen) atoms. The molecule has 4 nitrogen and oxygen atoms in total. The van der Waals surface area contributed by atoms with E-state index in [4.69, 9.17) is 5.11 Å². The summed E-state index contributed by atoms with van der Waals surface area (Å²) in [6, 6.07) is 15.6. The predicted octanol–water partition coefficient (Wildman–Crippen LogP) is 3.52. The molecule has 0 radical (unpaired) electrons. The molecule has 0 bridgehead atoms. The van der Waals surface area contributed by atoms with Crippen LogP contribution in [0.3, 0.4) is 0 Å². The van der Waals surface area contributed by atoms with Crippen molar-refractivity contribution in [3.8, 4) is 0 Å². The van der Waals surface area contributed by atoms with Crippen molar-refractivity contribution in [3.05, 3.63) is 70.8 Å². The zero-order valence-corrected chi connectivity index (χ0v) is 16.7. The molecule has 1 saturated heterocycles. The van der Waals surface area contributed by atoms with Gasteiger partial charge < -0.3 is 15.1 Å². The van der Waals surface area contributed by atoms with Crippen molar-refractivity contribution in [1.82, 2.24) is 4.90 Å². The third-order valence-electron chi connectivity index (χ3n) is 5.78. The van der Waals surface area contributed by atoms with E-state index in [1.165, 1.54) is 11.1 Å². The van der Waals surface area contributed by atoms with E-state index in [0.717, 1.165) is 44.5 Å². The summed E-state index contributed by atoms with van der Waals surface area (Å²) in [5, 5.41) is 20.0. The molecule has 150 valence electrons. The van der Waals surface area contributed by atoms with Gasteiger partial charge in [-0.1, -0.05) is 54.1 Å². The summed E-state index contributed by atoms with van der Waals surface area (Å²) >= 11 is 0. The number of benzene rings is 2. The molecule has 3 rings (SSSR count). The number of likely N-dealkylation sites (tertiary alicyclic amines) is 1. The van der Waals surface area contributed by atoms with Crippen molar-refractivity contribution >= 4 is 5.78 Å². The number of hydrogen-bond donors (Lipinski definition) is 2. The summed E-state index contributed by atoms with van der Waals surface area (Å²) < 4.78 is 0. The minimum Gasteiger partial charge on any atom is -0.392 e. The molecular weight excluding hydrogens is 350 g/mol. The van der Waals surface area contributed by atoms with Crippen LogP contribution in [0.1, 0.15) is 52.7 Å². The van der Waals surface area contributed by atoms with Crippen molar-refractivity contribution in [2.75, 3.05) is 19.6 Å². The molecule has 1 heterocycles. The highest BCUT2D eigenvalue weighted by molar-refractivity contribution is 5.96. The molecule has 0 aliphatic carbocycles. The average molecular weight is 382 g/mol. The monoisotopic (exact) mass is 381 g/mol. The van der Waals surface area contributed by atoms with Crippen LogP contribution in [0.2, 0.25) is 0 Å². The first kappa shape index (κ1) is 20.7. The van der Waals surface area contributed by atoms with Gasteiger partial charge in [0, 0.05) is 31.5 Å². The molecule has 2 N–H and O–H groups in total. The van der Waals surface area contributed by atoms with Crippen molar-refractivity contribution in [1.29, 1.82) is 0 Å². The van der Waals surface area contributed by atoms with E-state index in [2.05, 4.69) is 36.1 Å². The maximum atomic E-state index is 12.3. The van der Waals surface area contributed by atoms with Gasteiger partial charge in [-0.05, 0) is 43.9 Å². The summed E-state index contributed by atoms with van der Waals surface area (Å²) in [4.78, 5) is 14.6. The Morgan fingerprint density at radius 1 is 1.00 bits per heavy atom. The van der Waals surface area contributed by atoms with Crippen LogP contribution in [-0.4, -0.2) is 46.1 Å². The predicted molar refractivity (Wildman–Crippen MR) is 111 cm³/mol. The Kier molecular flexibility index (Phi) is 7.00. The number of aliphatic hydroxyl groups excluding tert-OH is 1. The first-order chi connectivity index (χ1) is 13.5. The van der Waals surface area contributed by atoms with E-state index in [1.807, 2.05) is 0 Å². The highest BCUT2D eigenvalue weighted by Gasteiger charge is 2.32. The van der Waals surface area contributed by atoms with E-state index >= 15 is 0 Å². The lowest BCUT2D eigenvalue weighted by molar-refractivity contribution is -0.0207.